The van der Waals surface area contributed by atoms with Crippen LogP contribution in [0.25, 0.3) is 0 Å². The highest BCUT2D eigenvalue weighted by molar-refractivity contribution is 5.38. The Morgan fingerprint density at radius 2 is 2.15 bits per heavy atom. The molecule has 1 rings (SSSR count). The summed E-state index contributed by atoms with van der Waals surface area (Å²) in [5, 5.41) is 9.00. The summed E-state index contributed by atoms with van der Waals surface area (Å²) in [6.07, 6.45) is 1.23. The Kier molecular flexibility index (Phi) is 2.72. The number of phenols is 1. The van der Waals surface area contributed by atoms with Crippen LogP contribution in [0.3, 0.4) is 0 Å². The van der Waals surface area contributed by atoms with Crippen molar-refractivity contribution in [3.8, 4) is 5.75 Å². The maximum absolute atomic E-state index is 12.7. The molecule has 1 aromatic rings. The lowest BCUT2D eigenvalue weighted by molar-refractivity contribution is 0.401. The summed E-state index contributed by atoms with van der Waals surface area (Å²) in [7, 11) is 0. The van der Waals surface area contributed by atoms with Gasteiger partial charge in [0.2, 0.25) is 11.9 Å². The number of isocyanates is 1. The number of phenolic OH excluding ortho intramolecular Hbond substituents is 1. The molecule has 0 atom stereocenters. The molecule has 0 amide bonds. The number of halogens is 2. The first-order valence-electron chi connectivity index (χ1n) is 3.36. The lowest BCUT2D eigenvalue weighted by Crippen LogP contribution is -1.90. The van der Waals surface area contributed by atoms with E-state index in [1.54, 1.807) is 0 Å². The summed E-state index contributed by atoms with van der Waals surface area (Å²) in [6, 6.07) is 2.00. The summed E-state index contributed by atoms with van der Waals surface area (Å²) in [4.78, 5) is 12.8. The molecule has 0 unspecified atom stereocenters. The number of benzene rings is 1. The molecule has 0 saturated carbocycles. The molecule has 0 saturated heterocycles. The van der Waals surface area contributed by atoms with E-state index in [2.05, 4.69) is 4.99 Å². The molecule has 1 N–H and O–H groups in total. The molecule has 68 valence electrons. The minimum Gasteiger partial charge on any atom is -0.505 e. The predicted molar refractivity (Wildman–Crippen MR) is 39.8 cm³/mol. The zero-order chi connectivity index (χ0) is 9.84. The summed E-state index contributed by atoms with van der Waals surface area (Å²) in [5.41, 5.74) is 0.0438. The molecular formula is C8H5F2NO2. The van der Waals surface area contributed by atoms with Gasteiger partial charge in [0.25, 0.3) is 0 Å². The number of rotatable bonds is 2. The fourth-order valence-corrected chi connectivity index (χ4v) is 0.825. The van der Waals surface area contributed by atoms with Gasteiger partial charge in [-0.2, -0.15) is 4.39 Å². The molecular weight excluding hydrogens is 180 g/mol. The Bertz CT molecular complexity index is 373. The van der Waals surface area contributed by atoms with Gasteiger partial charge in [-0.15, -0.1) is 0 Å². The molecule has 0 heterocycles. The van der Waals surface area contributed by atoms with Gasteiger partial charge in [0.15, 0.2) is 11.6 Å². The molecule has 13 heavy (non-hydrogen) atoms. The molecule has 0 aliphatic heterocycles. The van der Waals surface area contributed by atoms with E-state index in [1.807, 2.05) is 0 Å². The number of nitrogens with zero attached hydrogens (tertiary/aromatic N) is 1. The minimum atomic E-state index is -1.33. The first-order valence-corrected chi connectivity index (χ1v) is 3.36. The Balaban J connectivity index is 3.10. The Morgan fingerprint density at radius 3 is 2.77 bits per heavy atom. The van der Waals surface area contributed by atoms with Gasteiger partial charge in [-0.05, 0) is 6.07 Å². The van der Waals surface area contributed by atoms with Crippen LogP contribution in [-0.4, -0.2) is 11.2 Å². The van der Waals surface area contributed by atoms with E-state index in [1.165, 1.54) is 6.08 Å². The van der Waals surface area contributed by atoms with E-state index < -0.39 is 17.4 Å². The van der Waals surface area contributed by atoms with Crippen LogP contribution in [0.15, 0.2) is 17.1 Å². The molecule has 5 heteroatoms. The number of aliphatic imine (C=N–C) groups is 1. The van der Waals surface area contributed by atoms with Crippen molar-refractivity contribution >= 4 is 6.08 Å². The fourth-order valence-electron chi connectivity index (χ4n) is 0.825. The second-order valence-electron chi connectivity index (χ2n) is 2.28. The summed E-state index contributed by atoms with van der Waals surface area (Å²) < 4.78 is 25.1. The highest BCUT2D eigenvalue weighted by atomic mass is 19.2. The van der Waals surface area contributed by atoms with Crippen molar-refractivity contribution < 1.29 is 18.7 Å². The van der Waals surface area contributed by atoms with Gasteiger partial charge in [0.05, 0.1) is 6.54 Å². The monoisotopic (exact) mass is 185 g/mol. The first kappa shape index (κ1) is 9.35. The van der Waals surface area contributed by atoms with Crippen LogP contribution >= 0.6 is 0 Å². The van der Waals surface area contributed by atoms with Gasteiger partial charge in [0, 0.05) is 5.56 Å². The average Bonchev–Trinajstić information content (AvgIpc) is 2.13. The SMILES string of the molecule is O=C=NCc1ccc(F)c(F)c1O. The second-order valence-corrected chi connectivity index (χ2v) is 2.28. The van der Waals surface area contributed by atoms with E-state index in [4.69, 9.17) is 5.11 Å². The smallest absolute Gasteiger partial charge is 0.235 e. The van der Waals surface area contributed by atoms with Crippen LogP contribution in [0.1, 0.15) is 5.56 Å². The van der Waals surface area contributed by atoms with Crippen molar-refractivity contribution in [2.75, 3.05) is 0 Å². The van der Waals surface area contributed by atoms with Crippen LogP contribution in [-0.2, 0) is 11.3 Å². The third kappa shape index (κ3) is 1.89. The summed E-state index contributed by atoms with van der Waals surface area (Å²) in [6.45, 7) is -0.216. The van der Waals surface area contributed by atoms with Gasteiger partial charge in [-0.1, -0.05) is 6.07 Å². The minimum absolute atomic E-state index is 0.0438. The molecule has 0 aromatic heterocycles. The molecule has 0 bridgehead atoms. The second kappa shape index (κ2) is 3.78. The quantitative estimate of drug-likeness (QED) is 0.560. The topological polar surface area (TPSA) is 49.7 Å². The van der Waals surface area contributed by atoms with Crippen LogP contribution < -0.4 is 0 Å². The first-order chi connectivity index (χ1) is 6.16. The highest BCUT2D eigenvalue weighted by Crippen LogP contribution is 2.23. The van der Waals surface area contributed by atoms with Crippen molar-refractivity contribution in [1.82, 2.24) is 0 Å². The van der Waals surface area contributed by atoms with Crippen molar-refractivity contribution in [2.45, 2.75) is 6.54 Å². The molecule has 3 nitrogen and oxygen atoms in total. The van der Waals surface area contributed by atoms with Gasteiger partial charge in [-0.25, -0.2) is 14.2 Å². The molecule has 0 radical (unpaired) electrons. The highest BCUT2D eigenvalue weighted by Gasteiger charge is 2.11. The maximum atomic E-state index is 12.7. The zero-order valence-corrected chi connectivity index (χ0v) is 6.42. The third-order valence-electron chi connectivity index (χ3n) is 1.47. The standard InChI is InChI=1S/C8H5F2NO2/c9-6-2-1-5(3-11-4-12)8(13)7(6)10/h1-2,13H,3H2. The van der Waals surface area contributed by atoms with Gasteiger partial charge >= 0.3 is 0 Å². The van der Waals surface area contributed by atoms with Crippen LogP contribution in [0.5, 0.6) is 5.75 Å². The number of hydrogen-bond acceptors (Lipinski definition) is 3. The largest absolute Gasteiger partial charge is 0.505 e. The Morgan fingerprint density at radius 1 is 1.46 bits per heavy atom. The van der Waals surface area contributed by atoms with Gasteiger partial charge in [0.1, 0.15) is 0 Å². The zero-order valence-electron chi connectivity index (χ0n) is 6.42. The molecule has 0 aliphatic rings. The van der Waals surface area contributed by atoms with Crippen LogP contribution in [0.2, 0.25) is 0 Å². The maximum Gasteiger partial charge on any atom is 0.235 e. The predicted octanol–water partition coefficient (Wildman–Crippen LogP) is 1.51. The van der Waals surface area contributed by atoms with Crippen molar-refractivity contribution in [3.05, 3.63) is 29.3 Å². The van der Waals surface area contributed by atoms with E-state index >= 15 is 0 Å². The Labute approximate surface area is 72.3 Å². The van der Waals surface area contributed by atoms with E-state index in [-0.39, 0.29) is 12.1 Å². The number of aromatic hydroxyl groups is 1. The lowest BCUT2D eigenvalue weighted by atomic mass is 10.2. The molecule has 1 aromatic carbocycles. The van der Waals surface area contributed by atoms with Crippen molar-refractivity contribution in [2.24, 2.45) is 4.99 Å². The van der Waals surface area contributed by atoms with E-state index in [0.29, 0.717) is 0 Å². The van der Waals surface area contributed by atoms with Crippen LogP contribution in [0, 0.1) is 11.6 Å². The Hall–Kier alpha value is -1.74. The molecule has 0 spiro atoms. The summed E-state index contributed by atoms with van der Waals surface area (Å²) in [5.74, 6) is -3.30. The van der Waals surface area contributed by atoms with Crippen molar-refractivity contribution in [1.29, 1.82) is 0 Å². The van der Waals surface area contributed by atoms with E-state index in [9.17, 15) is 13.6 Å². The van der Waals surface area contributed by atoms with E-state index in [0.717, 1.165) is 12.1 Å². The number of carbonyl (C=O) groups excluding carboxylic acids is 1. The third-order valence-corrected chi connectivity index (χ3v) is 1.47. The van der Waals surface area contributed by atoms with Gasteiger partial charge in [-0.3, -0.25) is 0 Å². The van der Waals surface area contributed by atoms with Gasteiger partial charge < -0.3 is 5.11 Å². The number of hydrogen-bond donors (Lipinski definition) is 1. The lowest BCUT2D eigenvalue weighted by Gasteiger charge is -2.01. The molecule has 0 aliphatic carbocycles. The fraction of sp³-hybridized carbons (Fsp3) is 0.125. The van der Waals surface area contributed by atoms with Crippen molar-refractivity contribution in [3.63, 3.8) is 0 Å². The summed E-state index contributed by atoms with van der Waals surface area (Å²) >= 11 is 0. The normalized spacial score (nSPS) is 9.38. The average molecular weight is 185 g/mol. The molecule has 0 fully saturated rings. The van der Waals surface area contributed by atoms with Crippen LogP contribution in [0.4, 0.5) is 8.78 Å².